The van der Waals surface area contributed by atoms with Gasteiger partial charge in [0.1, 0.15) is 5.69 Å². The number of carbonyl (C=O) groups excluding carboxylic acids is 2. The van der Waals surface area contributed by atoms with Crippen LogP contribution >= 0.6 is 0 Å². The largest absolute Gasteiger partial charge is 0.385 e. The van der Waals surface area contributed by atoms with Gasteiger partial charge in [-0.05, 0) is 55.7 Å². The number of amides is 3. The van der Waals surface area contributed by atoms with Gasteiger partial charge in [-0.25, -0.2) is 4.79 Å². The normalized spacial score (nSPS) is 10.8. The second kappa shape index (κ2) is 10.9. The summed E-state index contributed by atoms with van der Waals surface area (Å²) in [4.78, 5) is 29.3. The molecular formula is C28H30N4O3. The minimum Gasteiger partial charge on any atom is -0.385 e. The minimum atomic E-state index is -0.359. The molecule has 4 aromatic rings. The van der Waals surface area contributed by atoms with E-state index < -0.39 is 0 Å². The smallest absolute Gasteiger partial charge is 0.323 e. The lowest BCUT2D eigenvalue weighted by atomic mass is 10.00. The van der Waals surface area contributed by atoms with E-state index in [-0.39, 0.29) is 11.9 Å². The Balaban J connectivity index is 1.71. The van der Waals surface area contributed by atoms with Crippen LogP contribution in [-0.2, 0) is 4.74 Å². The maximum Gasteiger partial charge on any atom is 0.323 e. The van der Waals surface area contributed by atoms with Crippen LogP contribution < -0.4 is 16.0 Å². The highest BCUT2D eigenvalue weighted by molar-refractivity contribution is 6.14. The zero-order valence-corrected chi connectivity index (χ0v) is 20.2. The molecule has 3 aromatic carbocycles. The van der Waals surface area contributed by atoms with Gasteiger partial charge in [0.05, 0.1) is 11.2 Å². The van der Waals surface area contributed by atoms with Gasteiger partial charge in [0.15, 0.2) is 0 Å². The quantitative estimate of drug-likeness (QED) is 0.243. The zero-order valence-electron chi connectivity index (χ0n) is 20.2. The van der Waals surface area contributed by atoms with Crippen molar-refractivity contribution in [2.75, 3.05) is 30.9 Å². The van der Waals surface area contributed by atoms with Crippen molar-refractivity contribution >= 4 is 34.2 Å². The fraction of sp³-hybridized carbons (Fsp3) is 0.214. The van der Waals surface area contributed by atoms with Gasteiger partial charge in [-0.1, -0.05) is 48.0 Å². The average Bonchev–Trinajstić information content (AvgIpc) is 3.23. The number of methoxy groups -OCH3 is 1. The molecule has 0 saturated carbocycles. The number of carbonyl (C=O) groups is 2. The Hall–Kier alpha value is -4.10. The number of nitrogens with one attached hydrogen (secondary N) is 4. The van der Waals surface area contributed by atoms with Crippen molar-refractivity contribution in [3.63, 3.8) is 0 Å². The molecule has 4 N–H and O–H groups in total. The molecule has 7 nitrogen and oxygen atoms in total. The Morgan fingerprint density at radius 1 is 0.914 bits per heavy atom. The molecule has 0 aliphatic carbocycles. The van der Waals surface area contributed by atoms with Crippen LogP contribution in [0.25, 0.3) is 22.0 Å². The Morgan fingerprint density at radius 2 is 1.66 bits per heavy atom. The maximum atomic E-state index is 13.2. The molecule has 0 atom stereocenters. The standard InChI is InChI=1S/C28H30N4O3/c1-18-10-12-21(13-11-18)30-28(34)31-23-17-19(2)16-22-24(20-8-5-4-6-9-20)26(32-25(22)23)27(33)29-14-7-15-35-3/h4-6,8-13,16-17,32H,7,14-15H2,1-3H3,(H,29,33)(H2,30,31,34). The molecule has 0 saturated heterocycles. The minimum absolute atomic E-state index is 0.205. The summed E-state index contributed by atoms with van der Waals surface area (Å²) in [6.07, 6.45) is 0.717. The summed E-state index contributed by atoms with van der Waals surface area (Å²) >= 11 is 0. The molecular weight excluding hydrogens is 440 g/mol. The summed E-state index contributed by atoms with van der Waals surface area (Å²) in [5.41, 5.74) is 6.24. The number of urea groups is 1. The van der Waals surface area contributed by atoms with Gasteiger partial charge < -0.3 is 25.7 Å². The van der Waals surface area contributed by atoms with Crippen molar-refractivity contribution in [3.8, 4) is 11.1 Å². The zero-order chi connectivity index (χ0) is 24.8. The number of benzene rings is 3. The van der Waals surface area contributed by atoms with Crippen LogP contribution in [0.15, 0.2) is 66.7 Å². The van der Waals surface area contributed by atoms with Gasteiger partial charge in [0, 0.05) is 36.9 Å². The van der Waals surface area contributed by atoms with Gasteiger partial charge in [0.2, 0.25) is 0 Å². The van der Waals surface area contributed by atoms with Crippen LogP contribution in [0.5, 0.6) is 0 Å². The number of fused-ring (bicyclic) bond motifs is 1. The van der Waals surface area contributed by atoms with E-state index in [0.29, 0.717) is 42.2 Å². The predicted octanol–water partition coefficient (Wildman–Crippen LogP) is 5.86. The number of H-pyrrole nitrogens is 1. The van der Waals surface area contributed by atoms with Gasteiger partial charge in [-0.15, -0.1) is 0 Å². The second-order valence-corrected chi connectivity index (χ2v) is 8.52. The first-order valence-electron chi connectivity index (χ1n) is 11.6. The van der Waals surface area contributed by atoms with E-state index >= 15 is 0 Å². The van der Waals surface area contributed by atoms with Crippen LogP contribution in [0, 0.1) is 13.8 Å². The lowest BCUT2D eigenvalue weighted by molar-refractivity contribution is 0.0945. The first-order valence-corrected chi connectivity index (χ1v) is 11.6. The summed E-state index contributed by atoms with van der Waals surface area (Å²) in [6.45, 7) is 5.03. The van der Waals surface area contributed by atoms with Crippen molar-refractivity contribution in [1.29, 1.82) is 0 Å². The lowest BCUT2D eigenvalue weighted by Gasteiger charge is -2.10. The molecule has 0 aliphatic heterocycles. The van der Waals surface area contributed by atoms with Crippen molar-refractivity contribution < 1.29 is 14.3 Å². The topological polar surface area (TPSA) is 95.2 Å². The van der Waals surface area contributed by atoms with Crippen LogP contribution in [0.1, 0.15) is 28.0 Å². The first-order chi connectivity index (χ1) is 17.0. The molecule has 0 unspecified atom stereocenters. The van der Waals surface area contributed by atoms with Crippen LogP contribution in [0.4, 0.5) is 16.2 Å². The molecule has 0 fully saturated rings. The second-order valence-electron chi connectivity index (χ2n) is 8.52. The number of hydrogen-bond donors (Lipinski definition) is 4. The van der Waals surface area contributed by atoms with Crippen LogP contribution in [0.3, 0.4) is 0 Å². The highest BCUT2D eigenvalue weighted by atomic mass is 16.5. The molecule has 0 aliphatic rings. The highest BCUT2D eigenvalue weighted by Gasteiger charge is 2.21. The van der Waals surface area contributed by atoms with E-state index in [1.165, 1.54) is 0 Å². The third-order valence-corrected chi connectivity index (χ3v) is 5.71. The van der Waals surface area contributed by atoms with Crippen molar-refractivity contribution in [1.82, 2.24) is 10.3 Å². The summed E-state index contributed by atoms with van der Waals surface area (Å²) < 4.78 is 5.08. The van der Waals surface area contributed by atoms with Gasteiger partial charge in [-0.3, -0.25) is 4.79 Å². The molecule has 4 rings (SSSR count). The van der Waals surface area contributed by atoms with E-state index in [0.717, 1.165) is 27.6 Å². The van der Waals surface area contributed by atoms with Gasteiger partial charge >= 0.3 is 6.03 Å². The number of aromatic nitrogens is 1. The number of anilines is 2. The number of ether oxygens (including phenoxy) is 1. The maximum absolute atomic E-state index is 13.2. The SMILES string of the molecule is COCCCNC(=O)c1[nH]c2c(NC(=O)Nc3ccc(C)cc3)cc(C)cc2c1-c1ccccc1. The Morgan fingerprint density at radius 3 is 2.37 bits per heavy atom. The van der Waals surface area contributed by atoms with Gasteiger partial charge in [0.25, 0.3) is 5.91 Å². The Labute approximate surface area is 204 Å². The van der Waals surface area contributed by atoms with Crippen molar-refractivity contribution in [3.05, 3.63) is 83.6 Å². The summed E-state index contributed by atoms with van der Waals surface area (Å²) in [6, 6.07) is 20.9. The fourth-order valence-corrected chi connectivity index (χ4v) is 4.04. The van der Waals surface area contributed by atoms with E-state index in [1.54, 1.807) is 7.11 Å². The molecule has 180 valence electrons. The number of aromatic amines is 1. The molecule has 0 radical (unpaired) electrons. The fourth-order valence-electron chi connectivity index (χ4n) is 4.04. The first kappa shape index (κ1) is 24.0. The molecule has 0 bridgehead atoms. The third-order valence-electron chi connectivity index (χ3n) is 5.71. The van der Waals surface area contributed by atoms with Crippen molar-refractivity contribution in [2.24, 2.45) is 0 Å². The van der Waals surface area contributed by atoms with Gasteiger partial charge in [-0.2, -0.15) is 0 Å². The number of hydrogen-bond acceptors (Lipinski definition) is 3. The van der Waals surface area contributed by atoms with E-state index in [4.69, 9.17) is 4.74 Å². The van der Waals surface area contributed by atoms with E-state index in [1.807, 2.05) is 80.6 Å². The van der Waals surface area contributed by atoms with Crippen molar-refractivity contribution in [2.45, 2.75) is 20.3 Å². The molecule has 1 heterocycles. The number of aryl methyl sites for hydroxylation is 2. The average molecular weight is 471 g/mol. The molecule has 7 heteroatoms. The van der Waals surface area contributed by atoms with Crippen LogP contribution in [0.2, 0.25) is 0 Å². The Bertz CT molecular complexity index is 1330. The molecule has 3 amide bonds. The summed E-state index contributed by atoms with van der Waals surface area (Å²) in [5, 5.41) is 9.64. The molecule has 0 spiro atoms. The molecule has 1 aromatic heterocycles. The van der Waals surface area contributed by atoms with Crippen LogP contribution in [-0.4, -0.2) is 37.2 Å². The summed E-state index contributed by atoms with van der Waals surface area (Å²) in [5.74, 6) is -0.205. The highest BCUT2D eigenvalue weighted by Crippen LogP contribution is 2.36. The Kier molecular flexibility index (Phi) is 7.48. The number of rotatable bonds is 8. The lowest BCUT2D eigenvalue weighted by Crippen LogP contribution is -2.26. The predicted molar refractivity (Wildman–Crippen MR) is 141 cm³/mol. The summed E-state index contributed by atoms with van der Waals surface area (Å²) in [7, 11) is 1.64. The monoisotopic (exact) mass is 470 g/mol. The molecule has 35 heavy (non-hydrogen) atoms. The van der Waals surface area contributed by atoms with E-state index in [9.17, 15) is 9.59 Å². The van der Waals surface area contributed by atoms with E-state index in [2.05, 4.69) is 20.9 Å². The third kappa shape index (κ3) is 5.70.